The van der Waals surface area contributed by atoms with Gasteiger partial charge in [-0.3, -0.25) is 9.78 Å². The van der Waals surface area contributed by atoms with Crippen LogP contribution in [0, 0.1) is 13.8 Å². The molecule has 0 spiro atoms. The Kier molecular flexibility index (Phi) is 5.43. The first-order valence-corrected chi connectivity index (χ1v) is 11.3. The number of ether oxygens (including phenoxy) is 2. The molecular weight excluding hydrogens is 438 g/mol. The van der Waals surface area contributed by atoms with Gasteiger partial charge >= 0.3 is 0 Å². The molecule has 5 aromatic rings. The van der Waals surface area contributed by atoms with Gasteiger partial charge in [0.1, 0.15) is 35.2 Å². The van der Waals surface area contributed by atoms with E-state index in [2.05, 4.69) is 15.3 Å². The van der Waals surface area contributed by atoms with Crippen molar-refractivity contribution < 1.29 is 18.7 Å². The normalized spacial score (nSPS) is 11.1. The van der Waals surface area contributed by atoms with E-state index in [-0.39, 0.29) is 5.91 Å². The standard InChI is InChI=1S/C25H21N3O4S/c1-14-24(25(29)26-3)20-7-5-18(11-23(20)31-14)32-22-8-9-27-21-10-17(4-6-19(21)22)30-12-16-13-33-15(2)28-16/h4-11,13H,12H2,1-3H3,(H,26,29). The summed E-state index contributed by atoms with van der Waals surface area (Å²) in [7, 11) is 1.60. The van der Waals surface area contributed by atoms with Crippen LogP contribution >= 0.6 is 11.3 Å². The number of thiazole rings is 1. The molecule has 0 saturated heterocycles. The molecule has 0 unspecified atom stereocenters. The predicted octanol–water partition coefficient (Wildman–Crippen LogP) is 5.79. The number of nitrogens with one attached hydrogen (secondary N) is 1. The van der Waals surface area contributed by atoms with Gasteiger partial charge in [0.2, 0.25) is 0 Å². The van der Waals surface area contributed by atoms with E-state index in [0.717, 1.165) is 27.0 Å². The van der Waals surface area contributed by atoms with E-state index < -0.39 is 0 Å². The van der Waals surface area contributed by atoms with Crippen LogP contribution in [0.15, 0.2) is 58.5 Å². The molecule has 33 heavy (non-hydrogen) atoms. The lowest BCUT2D eigenvalue weighted by Crippen LogP contribution is -2.18. The van der Waals surface area contributed by atoms with Gasteiger partial charge in [-0.2, -0.15) is 0 Å². The van der Waals surface area contributed by atoms with Crippen LogP contribution in [0.3, 0.4) is 0 Å². The van der Waals surface area contributed by atoms with E-state index in [9.17, 15) is 4.79 Å². The first kappa shape index (κ1) is 21.0. The monoisotopic (exact) mass is 459 g/mol. The van der Waals surface area contributed by atoms with Gasteiger partial charge in [-0.15, -0.1) is 11.3 Å². The number of hydrogen-bond donors (Lipinski definition) is 1. The summed E-state index contributed by atoms with van der Waals surface area (Å²) >= 11 is 1.60. The van der Waals surface area contributed by atoms with Gasteiger partial charge in [0.25, 0.3) is 5.91 Å². The fraction of sp³-hybridized carbons (Fsp3) is 0.160. The zero-order valence-electron chi connectivity index (χ0n) is 18.3. The molecule has 0 saturated carbocycles. The summed E-state index contributed by atoms with van der Waals surface area (Å²) in [5.41, 5.74) is 2.80. The van der Waals surface area contributed by atoms with Gasteiger partial charge in [0.05, 0.1) is 21.8 Å². The highest BCUT2D eigenvalue weighted by Gasteiger charge is 2.18. The number of rotatable bonds is 6. The largest absolute Gasteiger partial charge is 0.487 e. The molecule has 3 heterocycles. The Labute approximate surface area is 194 Å². The van der Waals surface area contributed by atoms with E-state index in [0.29, 0.717) is 40.8 Å². The SMILES string of the molecule is CNC(=O)c1c(C)oc2cc(Oc3ccnc4cc(OCc5csc(C)n5)ccc34)ccc12. The highest BCUT2D eigenvalue weighted by molar-refractivity contribution is 7.09. The zero-order valence-corrected chi connectivity index (χ0v) is 19.2. The number of benzene rings is 2. The molecule has 1 amide bonds. The quantitative estimate of drug-likeness (QED) is 0.346. The first-order chi connectivity index (χ1) is 16.0. The van der Waals surface area contributed by atoms with E-state index in [4.69, 9.17) is 13.9 Å². The molecule has 7 nitrogen and oxygen atoms in total. The Hall–Kier alpha value is -3.91. The molecular formula is C25H21N3O4S. The van der Waals surface area contributed by atoms with Crippen LogP contribution in [0.1, 0.15) is 26.8 Å². The van der Waals surface area contributed by atoms with Gasteiger partial charge in [-0.05, 0) is 44.2 Å². The molecule has 2 aromatic carbocycles. The molecule has 0 aliphatic heterocycles. The smallest absolute Gasteiger partial charge is 0.255 e. The summed E-state index contributed by atoms with van der Waals surface area (Å²) < 4.78 is 17.8. The van der Waals surface area contributed by atoms with Gasteiger partial charge < -0.3 is 19.2 Å². The van der Waals surface area contributed by atoms with Gasteiger partial charge in [0.15, 0.2) is 0 Å². The van der Waals surface area contributed by atoms with Gasteiger partial charge in [0, 0.05) is 41.5 Å². The minimum Gasteiger partial charge on any atom is -0.487 e. The topological polar surface area (TPSA) is 86.5 Å². The Bertz CT molecular complexity index is 1490. The molecule has 3 aromatic heterocycles. The predicted molar refractivity (Wildman–Crippen MR) is 127 cm³/mol. The molecule has 166 valence electrons. The number of furan rings is 1. The fourth-order valence-corrected chi connectivity index (χ4v) is 4.31. The lowest BCUT2D eigenvalue weighted by molar-refractivity contribution is 0.0963. The van der Waals surface area contributed by atoms with Crippen molar-refractivity contribution >= 4 is 39.1 Å². The molecule has 1 N–H and O–H groups in total. The maximum atomic E-state index is 12.2. The minimum atomic E-state index is -0.178. The number of nitrogens with zero attached hydrogens (tertiary/aromatic N) is 2. The van der Waals surface area contributed by atoms with Crippen molar-refractivity contribution in [3.8, 4) is 17.2 Å². The number of pyridine rings is 1. The third-order valence-electron chi connectivity index (χ3n) is 5.25. The van der Waals surface area contributed by atoms with Crippen molar-refractivity contribution in [3.63, 3.8) is 0 Å². The summed E-state index contributed by atoms with van der Waals surface area (Å²) in [5, 5.41) is 7.26. The molecule has 0 bridgehead atoms. The average Bonchev–Trinajstić information content (AvgIpc) is 3.38. The summed E-state index contributed by atoms with van der Waals surface area (Å²) in [6.45, 7) is 4.16. The lowest BCUT2D eigenvalue weighted by Gasteiger charge is -2.10. The van der Waals surface area contributed by atoms with Crippen LogP contribution in [0.2, 0.25) is 0 Å². The van der Waals surface area contributed by atoms with E-state index in [1.165, 1.54) is 0 Å². The zero-order chi connectivity index (χ0) is 22.9. The molecule has 8 heteroatoms. The number of amides is 1. The van der Waals surface area contributed by atoms with Gasteiger partial charge in [-0.1, -0.05) is 0 Å². The maximum Gasteiger partial charge on any atom is 0.255 e. The Balaban J connectivity index is 1.40. The second kappa shape index (κ2) is 8.55. The Morgan fingerprint density at radius 3 is 2.70 bits per heavy atom. The highest BCUT2D eigenvalue weighted by Crippen LogP contribution is 2.34. The number of carbonyl (C=O) groups excluding carboxylic acids is 1. The van der Waals surface area contributed by atoms with Crippen LogP contribution in [0.5, 0.6) is 17.2 Å². The summed E-state index contributed by atoms with van der Waals surface area (Å²) in [4.78, 5) is 21.0. The lowest BCUT2D eigenvalue weighted by atomic mass is 10.1. The van der Waals surface area contributed by atoms with Crippen molar-refractivity contribution in [2.24, 2.45) is 0 Å². The molecule has 0 fully saturated rings. The number of aryl methyl sites for hydroxylation is 2. The van der Waals surface area contributed by atoms with Crippen molar-refractivity contribution in [2.75, 3.05) is 7.05 Å². The maximum absolute atomic E-state index is 12.2. The van der Waals surface area contributed by atoms with Crippen molar-refractivity contribution in [2.45, 2.75) is 20.5 Å². The third-order valence-corrected chi connectivity index (χ3v) is 6.07. The second-order valence-corrected chi connectivity index (χ2v) is 8.57. The highest BCUT2D eigenvalue weighted by atomic mass is 32.1. The number of hydrogen-bond acceptors (Lipinski definition) is 7. The Morgan fingerprint density at radius 1 is 1.09 bits per heavy atom. The van der Waals surface area contributed by atoms with Crippen molar-refractivity contribution in [3.05, 3.63) is 76.1 Å². The average molecular weight is 460 g/mol. The van der Waals surface area contributed by atoms with Crippen molar-refractivity contribution in [1.82, 2.24) is 15.3 Å². The molecule has 0 aliphatic rings. The number of carbonyl (C=O) groups is 1. The molecule has 0 radical (unpaired) electrons. The Morgan fingerprint density at radius 2 is 1.91 bits per heavy atom. The minimum absolute atomic E-state index is 0.178. The van der Waals surface area contributed by atoms with E-state index in [1.54, 1.807) is 37.6 Å². The van der Waals surface area contributed by atoms with E-state index >= 15 is 0 Å². The molecule has 0 atom stereocenters. The van der Waals surface area contributed by atoms with Crippen LogP contribution in [-0.2, 0) is 6.61 Å². The van der Waals surface area contributed by atoms with Crippen molar-refractivity contribution in [1.29, 1.82) is 0 Å². The van der Waals surface area contributed by atoms with Gasteiger partial charge in [-0.25, -0.2) is 4.98 Å². The van der Waals surface area contributed by atoms with Crippen LogP contribution in [0.25, 0.3) is 21.9 Å². The van der Waals surface area contributed by atoms with Crippen LogP contribution in [0.4, 0.5) is 0 Å². The fourth-order valence-electron chi connectivity index (χ4n) is 3.71. The first-order valence-electron chi connectivity index (χ1n) is 10.4. The summed E-state index contributed by atoms with van der Waals surface area (Å²) in [6, 6.07) is 13.0. The van der Waals surface area contributed by atoms with Crippen LogP contribution < -0.4 is 14.8 Å². The molecule has 0 aliphatic carbocycles. The summed E-state index contributed by atoms with van der Waals surface area (Å²) in [6.07, 6.45) is 1.70. The number of aromatic nitrogens is 2. The summed E-state index contributed by atoms with van der Waals surface area (Å²) in [5.74, 6) is 2.37. The van der Waals surface area contributed by atoms with Crippen LogP contribution in [-0.4, -0.2) is 22.9 Å². The number of fused-ring (bicyclic) bond motifs is 2. The van der Waals surface area contributed by atoms with E-state index in [1.807, 2.05) is 48.7 Å². The third kappa shape index (κ3) is 4.12. The second-order valence-electron chi connectivity index (χ2n) is 7.51. The molecule has 5 rings (SSSR count).